The van der Waals surface area contributed by atoms with Crippen molar-refractivity contribution in [1.29, 1.82) is 5.41 Å². The van der Waals surface area contributed by atoms with Crippen molar-refractivity contribution in [2.24, 2.45) is 0 Å². The molecule has 0 aromatic rings. The summed E-state index contributed by atoms with van der Waals surface area (Å²) in [5.74, 6) is 0. The molecular formula is C8H11N. The Labute approximate surface area is 55.6 Å². The molecule has 0 spiro atoms. The third-order valence-corrected chi connectivity index (χ3v) is 1.47. The fourth-order valence-corrected chi connectivity index (χ4v) is 0.827. The first-order valence-electron chi connectivity index (χ1n) is 3.20. The van der Waals surface area contributed by atoms with Crippen LogP contribution < -0.4 is 0 Å². The predicted octanol–water partition coefficient (Wildman–Crippen LogP) is 2.30. The van der Waals surface area contributed by atoms with Gasteiger partial charge in [-0.05, 0) is 25.8 Å². The molecule has 1 aliphatic carbocycles. The molecule has 1 rings (SSSR count). The minimum Gasteiger partial charge on any atom is -0.305 e. The molecule has 0 saturated carbocycles. The summed E-state index contributed by atoms with van der Waals surface area (Å²) in [4.78, 5) is 0. The van der Waals surface area contributed by atoms with Gasteiger partial charge in [0, 0.05) is 5.71 Å². The van der Waals surface area contributed by atoms with E-state index in [2.05, 4.69) is 13.0 Å². The fraction of sp³-hybridized carbons (Fsp3) is 0.375. The van der Waals surface area contributed by atoms with Gasteiger partial charge in [0.2, 0.25) is 0 Å². The van der Waals surface area contributed by atoms with Crippen molar-refractivity contribution < 1.29 is 0 Å². The minimum atomic E-state index is 0.739. The molecule has 0 aliphatic heterocycles. The van der Waals surface area contributed by atoms with E-state index in [-0.39, 0.29) is 0 Å². The zero-order valence-electron chi connectivity index (χ0n) is 5.65. The highest BCUT2D eigenvalue weighted by molar-refractivity contribution is 5.92. The standard InChI is InChI=1S/C8H11N/c1-7-3-2-4-8(9)6-5-7/h2-4,9H,5-6H2,1H3. The maximum atomic E-state index is 7.30. The molecule has 1 aliphatic rings. The van der Waals surface area contributed by atoms with E-state index in [1.165, 1.54) is 5.57 Å². The minimum absolute atomic E-state index is 0.739. The van der Waals surface area contributed by atoms with Crippen molar-refractivity contribution in [2.75, 3.05) is 0 Å². The molecule has 0 aromatic carbocycles. The molecule has 0 unspecified atom stereocenters. The van der Waals surface area contributed by atoms with Crippen molar-refractivity contribution in [3.05, 3.63) is 23.8 Å². The summed E-state index contributed by atoms with van der Waals surface area (Å²) in [6.07, 6.45) is 7.83. The third kappa shape index (κ3) is 1.84. The lowest BCUT2D eigenvalue weighted by Crippen LogP contribution is -1.87. The SMILES string of the molecule is CC1=CC=CC(=N)CC1. The molecule has 0 saturated heterocycles. The molecular weight excluding hydrogens is 110 g/mol. The van der Waals surface area contributed by atoms with Gasteiger partial charge in [0.1, 0.15) is 0 Å². The molecule has 1 nitrogen and oxygen atoms in total. The molecule has 9 heavy (non-hydrogen) atoms. The molecule has 0 amide bonds. The van der Waals surface area contributed by atoms with Crippen LogP contribution in [-0.2, 0) is 0 Å². The molecule has 1 heteroatoms. The van der Waals surface area contributed by atoms with E-state index in [1.807, 2.05) is 12.2 Å². The fourth-order valence-electron chi connectivity index (χ4n) is 0.827. The zero-order chi connectivity index (χ0) is 6.69. The third-order valence-electron chi connectivity index (χ3n) is 1.47. The van der Waals surface area contributed by atoms with Gasteiger partial charge >= 0.3 is 0 Å². The van der Waals surface area contributed by atoms with Crippen LogP contribution in [0.5, 0.6) is 0 Å². The maximum Gasteiger partial charge on any atom is 0.0317 e. The molecule has 0 heterocycles. The van der Waals surface area contributed by atoms with Crippen LogP contribution in [0, 0.1) is 5.41 Å². The first-order chi connectivity index (χ1) is 4.29. The van der Waals surface area contributed by atoms with Crippen LogP contribution in [0.1, 0.15) is 19.8 Å². The summed E-state index contributed by atoms with van der Waals surface area (Å²) in [5.41, 5.74) is 2.11. The van der Waals surface area contributed by atoms with E-state index >= 15 is 0 Å². The van der Waals surface area contributed by atoms with Gasteiger partial charge in [-0.3, -0.25) is 0 Å². The molecule has 1 N–H and O–H groups in total. The molecule has 48 valence electrons. The number of allylic oxidation sites excluding steroid dienone is 4. The lowest BCUT2D eigenvalue weighted by atomic mass is 10.1. The molecule has 0 atom stereocenters. The average molecular weight is 121 g/mol. The van der Waals surface area contributed by atoms with Crippen LogP contribution in [0.2, 0.25) is 0 Å². The summed E-state index contributed by atoms with van der Waals surface area (Å²) in [6.45, 7) is 2.10. The Balaban J connectivity index is 2.65. The number of nitrogens with one attached hydrogen (secondary N) is 1. The summed E-state index contributed by atoms with van der Waals surface area (Å²) >= 11 is 0. The van der Waals surface area contributed by atoms with Crippen molar-refractivity contribution in [1.82, 2.24) is 0 Å². The van der Waals surface area contributed by atoms with Crippen molar-refractivity contribution in [3.8, 4) is 0 Å². The summed E-state index contributed by atoms with van der Waals surface area (Å²) < 4.78 is 0. The van der Waals surface area contributed by atoms with Crippen LogP contribution in [0.3, 0.4) is 0 Å². The Bertz CT molecular complexity index is 175. The van der Waals surface area contributed by atoms with E-state index < -0.39 is 0 Å². The van der Waals surface area contributed by atoms with Gasteiger partial charge in [-0.2, -0.15) is 0 Å². The van der Waals surface area contributed by atoms with E-state index in [0.29, 0.717) is 0 Å². The molecule has 0 aromatic heterocycles. The van der Waals surface area contributed by atoms with Crippen LogP contribution in [-0.4, -0.2) is 5.71 Å². The van der Waals surface area contributed by atoms with Gasteiger partial charge in [-0.25, -0.2) is 0 Å². The van der Waals surface area contributed by atoms with Gasteiger partial charge in [-0.1, -0.05) is 17.7 Å². The first kappa shape index (κ1) is 6.27. The maximum absolute atomic E-state index is 7.30. The molecule has 0 radical (unpaired) electrons. The second-order valence-corrected chi connectivity index (χ2v) is 2.40. The number of hydrogen-bond donors (Lipinski definition) is 1. The highest BCUT2D eigenvalue weighted by Crippen LogP contribution is 2.08. The Morgan fingerprint density at radius 1 is 1.44 bits per heavy atom. The Morgan fingerprint density at radius 2 is 2.22 bits per heavy atom. The van der Waals surface area contributed by atoms with Gasteiger partial charge in [0.05, 0.1) is 0 Å². The molecule has 0 bridgehead atoms. The van der Waals surface area contributed by atoms with Crippen LogP contribution in [0.15, 0.2) is 23.8 Å². The predicted molar refractivity (Wildman–Crippen MR) is 39.9 cm³/mol. The number of rotatable bonds is 0. The topological polar surface area (TPSA) is 23.9 Å². The van der Waals surface area contributed by atoms with Crippen molar-refractivity contribution in [2.45, 2.75) is 19.8 Å². The number of hydrogen-bond acceptors (Lipinski definition) is 1. The summed E-state index contributed by atoms with van der Waals surface area (Å²) in [7, 11) is 0. The van der Waals surface area contributed by atoms with E-state index in [1.54, 1.807) is 0 Å². The highest BCUT2D eigenvalue weighted by atomic mass is 14.4. The zero-order valence-corrected chi connectivity index (χ0v) is 5.65. The van der Waals surface area contributed by atoms with E-state index in [9.17, 15) is 0 Å². The van der Waals surface area contributed by atoms with Crippen LogP contribution in [0.25, 0.3) is 0 Å². The largest absolute Gasteiger partial charge is 0.305 e. The van der Waals surface area contributed by atoms with Gasteiger partial charge in [0.15, 0.2) is 0 Å². The van der Waals surface area contributed by atoms with Crippen LogP contribution in [0.4, 0.5) is 0 Å². The summed E-state index contributed by atoms with van der Waals surface area (Å²) in [5, 5.41) is 7.30. The Hall–Kier alpha value is -0.850. The summed E-state index contributed by atoms with van der Waals surface area (Å²) in [6, 6.07) is 0. The average Bonchev–Trinajstić information content (AvgIpc) is 1.97. The lowest BCUT2D eigenvalue weighted by Gasteiger charge is -1.93. The second-order valence-electron chi connectivity index (χ2n) is 2.40. The highest BCUT2D eigenvalue weighted by Gasteiger charge is 1.96. The van der Waals surface area contributed by atoms with Crippen LogP contribution >= 0.6 is 0 Å². The van der Waals surface area contributed by atoms with Gasteiger partial charge in [-0.15, -0.1) is 0 Å². The van der Waals surface area contributed by atoms with Gasteiger partial charge in [0.25, 0.3) is 0 Å². The Morgan fingerprint density at radius 3 is 3.00 bits per heavy atom. The molecule has 0 fully saturated rings. The van der Waals surface area contributed by atoms with E-state index in [0.717, 1.165) is 18.6 Å². The first-order valence-corrected chi connectivity index (χ1v) is 3.20. The normalized spacial score (nSPS) is 19.2. The smallest absolute Gasteiger partial charge is 0.0317 e. The Kier molecular flexibility index (Phi) is 1.83. The monoisotopic (exact) mass is 121 g/mol. The lowest BCUT2D eigenvalue weighted by molar-refractivity contribution is 1.01. The van der Waals surface area contributed by atoms with E-state index in [4.69, 9.17) is 5.41 Å². The second kappa shape index (κ2) is 2.62. The van der Waals surface area contributed by atoms with Gasteiger partial charge < -0.3 is 5.41 Å². The quantitative estimate of drug-likeness (QED) is 0.508. The van der Waals surface area contributed by atoms with Crippen molar-refractivity contribution >= 4 is 5.71 Å². The van der Waals surface area contributed by atoms with Crippen molar-refractivity contribution in [3.63, 3.8) is 0 Å².